The van der Waals surface area contributed by atoms with Crippen molar-refractivity contribution in [1.29, 1.82) is 0 Å². The molecule has 1 atom stereocenters. The van der Waals surface area contributed by atoms with Crippen molar-refractivity contribution in [3.63, 3.8) is 0 Å². The number of aryl methyl sites for hydroxylation is 1. The lowest BCUT2D eigenvalue weighted by atomic mass is 10.1. The lowest BCUT2D eigenvalue weighted by Crippen LogP contribution is -2.31. The Labute approximate surface area is 98.5 Å². The molecule has 0 aliphatic rings. The van der Waals surface area contributed by atoms with E-state index in [2.05, 4.69) is 15.9 Å². The summed E-state index contributed by atoms with van der Waals surface area (Å²) in [5.41, 5.74) is 5.74. The Morgan fingerprint density at radius 1 is 1.33 bits per heavy atom. The molecule has 6 heteroatoms. The second kappa shape index (κ2) is 3.87. The van der Waals surface area contributed by atoms with E-state index < -0.39 is 15.5 Å². The molecule has 0 spiro atoms. The van der Waals surface area contributed by atoms with E-state index in [0.29, 0.717) is 11.3 Å². The molecule has 0 amide bonds. The minimum atomic E-state index is -3.83. The molecule has 0 heterocycles. The number of hydrogen-bond donors (Lipinski definition) is 1. The zero-order valence-electron chi connectivity index (χ0n) is 7.70. The highest BCUT2D eigenvalue weighted by Crippen LogP contribution is 2.48. The Bertz CT molecular complexity index is 376. The number of nitrogens with two attached hydrogens (primary N) is 1. The summed E-state index contributed by atoms with van der Waals surface area (Å²) in [6.45, 7) is 1.55. The molecule has 0 aromatic heterocycles. The van der Waals surface area contributed by atoms with Gasteiger partial charge in [-0.15, -0.1) is 0 Å². The first-order valence-corrected chi connectivity index (χ1v) is 5.14. The first-order valence-electron chi connectivity index (χ1n) is 3.97. The van der Waals surface area contributed by atoms with E-state index in [4.69, 9.17) is 17.3 Å². The number of alkyl halides is 5. The fourth-order valence-corrected chi connectivity index (χ4v) is 1.37. The van der Waals surface area contributed by atoms with Gasteiger partial charge in [0.15, 0.2) is 0 Å². The summed E-state index contributed by atoms with van der Waals surface area (Å²) >= 11 is 7.02. The van der Waals surface area contributed by atoms with Gasteiger partial charge in [0.1, 0.15) is 0 Å². The minimum Gasteiger partial charge on any atom is -0.399 e. The SMILES string of the molecule is Cc1cc(C(F)(F)C(F)(Cl)Br)ccc1N. The van der Waals surface area contributed by atoms with Crippen molar-refractivity contribution in [2.75, 3.05) is 5.73 Å². The summed E-state index contributed by atoms with van der Waals surface area (Å²) < 4.78 is 36.4. The van der Waals surface area contributed by atoms with Crippen LogP contribution < -0.4 is 5.73 Å². The van der Waals surface area contributed by atoms with Crippen LogP contribution in [0.2, 0.25) is 0 Å². The smallest absolute Gasteiger partial charge is 0.330 e. The lowest BCUT2D eigenvalue weighted by molar-refractivity contribution is -0.0583. The van der Waals surface area contributed by atoms with Gasteiger partial charge in [0.2, 0.25) is 0 Å². The maximum Gasteiger partial charge on any atom is 0.330 e. The molecule has 1 aromatic rings. The Hall–Kier alpha value is -0.420. The highest BCUT2D eigenvalue weighted by atomic mass is 79.9. The number of hydrogen-bond acceptors (Lipinski definition) is 1. The van der Waals surface area contributed by atoms with Gasteiger partial charge in [-0.2, -0.15) is 8.78 Å². The number of halogens is 5. The molecule has 1 rings (SSSR count). The first-order chi connectivity index (χ1) is 6.66. The van der Waals surface area contributed by atoms with Crippen molar-refractivity contribution >= 4 is 33.2 Å². The molecular weight excluding hydrogens is 294 g/mol. The summed E-state index contributed by atoms with van der Waals surface area (Å²) in [6, 6.07) is 3.43. The molecule has 84 valence electrons. The highest BCUT2D eigenvalue weighted by Gasteiger charge is 2.53. The molecule has 0 aliphatic carbocycles. The van der Waals surface area contributed by atoms with Crippen LogP contribution in [0.4, 0.5) is 18.9 Å². The van der Waals surface area contributed by atoms with Crippen molar-refractivity contribution in [1.82, 2.24) is 0 Å². The largest absolute Gasteiger partial charge is 0.399 e. The Balaban J connectivity index is 3.22. The van der Waals surface area contributed by atoms with Gasteiger partial charge in [0, 0.05) is 11.3 Å². The molecule has 0 bridgehead atoms. The van der Waals surface area contributed by atoms with Gasteiger partial charge in [-0.1, -0.05) is 17.7 Å². The van der Waals surface area contributed by atoms with Gasteiger partial charge >= 0.3 is 9.96 Å². The van der Waals surface area contributed by atoms with Gasteiger partial charge in [-0.3, -0.25) is 0 Å². The summed E-state index contributed by atoms with van der Waals surface area (Å²) in [4.78, 5) is 0. The molecule has 0 radical (unpaired) electrons. The standard InChI is InChI=1S/C9H8BrClF3N/c1-5-4-6(2-3-7(5)15)8(12,13)9(10,11)14/h2-4H,15H2,1H3. The molecular formula is C9H8BrClF3N. The van der Waals surface area contributed by atoms with E-state index in [9.17, 15) is 13.2 Å². The summed E-state index contributed by atoms with van der Waals surface area (Å²) in [6.07, 6.45) is 0. The quantitative estimate of drug-likeness (QED) is 0.650. The molecule has 0 fully saturated rings. The van der Waals surface area contributed by atoms with Crippen molar-refractivity contribution in [2.24, 2.45) is 0 Å². The van der Waals surface area contributed by atoms with E-state index in [1.54, 1.807) is 6.92 Å². The second-order valence-corrected chi connectivity index (χ2v) is 5.21. The number of nitrogen functional groups attached to an aromatic ring is 1. The zero-order valence-corrected chi connectivity index (χ0v) is 10.0. The van der Waals surface area contributed by atoms with Crippen LogP contribution >= 0.6 is 27.5 Å². The van der Waals surface area contributed by atoms with Crippen LogP contribution in [0.3, 0.4) is 0 Å². The molecule has 1 nitrogen and oxygen atoms in total. The molecule has 15 heavy (non-hydrogen) atoms. The first kappa shape index (κ1) is 12.6. The third kappa shape index (κ3) is 2.39. The van der Waals surface area contributed by atoms with E-state index in [1.165, 1.54) is 6.07 Å². The van der Waals surface area contributed by atoms with Crippen LogP contribution in [-0.2, 0) is 5.92 Å². The number of benzene rings is 1. The van der Waals surface area contributed by atoms with Gasteiger partial charge in [0.05, 0.1) is 0 Å². The monoisotopic (exact) mass is 301 g/mol. The van der Waals surface area contributed by atoms with Crippen molar-refractivity contribution < 1.29 is 13.2 Å². The van der Waals surface area contributed by atoms with Gasteiger partial charge in [0.25, 0.3) is 0 Å². The fraction of sp³-hybridized carbons (Fsp3) is 0.333. The van der Waals surface area contributed by atoms with Crippen molar-refractivity contribution in [3.8, 4) is 0 Å². The van der Waals surface area contributed by atoms with Gasteiger partial charge in [-0.05, 0) is 40.5 Å². The summed E-state index contributed by atoms with van der Waals surface area (Å²) in [5, 5.41) is 0. The molecule has 0 aliphatic heterocycles. The lowest BCUT2D eigenvalue weighted by Gasteiger charge is -2.23. The predicted molar refractivity (Wildman–Crippen MR) is 58.1 cm³/mol. The topological polar surface area (TPSA) is 26.0 Å². The van der Waals surface area contributed by atoms with Crippen LogP contribution in [0.1, 0.15) is 11.1 Å². The molecule has 0 saturated heterocycles. The molecule has 1 aromatic carbocycles. The Kier molecular flexibility index (Phi) is 3.26. The maximum atomic E-state index is 13.4. The van der Waals surface area contributed by atoms with Crippen LogP contribution in [0, 0.1) is 6.92 Å². The second-order valence-electron chi connectivity index (χ2n) is 3.14. The van der Waals surface area contributed by atoms with Crippen LogP contribution in [0.5, 0.6) is 0 Å². The molecule has 0 saturated carbocycles. The van der Waals surface area contributed by atoms with Crippen molar-refractivity contribution in [3.05, 3.63) is 29.3 Å². The average Bonchev–Trinajstić information content (AvgIpc) is 2.07. The fourth-order valence-electron chi connectivity index (χ4n) is 1.03. The summed E-state index contributed by atoms with van der Waals surface area (Å²) in [5.74, 6) is -3.83. The van der Waals surface area contributed by atoms with E-state index in [1.807, 2.05) is 0 Å². The number of rotatable bonds is 2. The summed E-state index contributed by atoms with van der Waals surface area (Å²) in [7, 11) is 0. The van der Waals surface area contributed by atoms with Crippen LogP contribution in [0.15, 0.2) is 18.2 Å². The predicted octanol–water partition coefficient (Wildman–Crippen LogP) is 3.93. The zero-order chi connectivity index (χ0) is 11.9. The van der Waals surface area contributed by atoms with Crippen LogP contribution in [-0.4, -0.2) is 4.04 Å². The number of anilines is 1. The van der Waals surface area contributed by atoms with Gasteiger partial charge < -0.3 is 5.73 Å². The van der Waals surface area contributed by atoms with E-state index in [-0.39, 0.29) is 0 Å². The Morgan fingerprint density at radius 3 is 2.27 bits per heavy atom. The van der Waals surface area contributed by atoms with Gasteiger partial charge in [-0.25, -0.2) is 4.39 Å². The third-order valence-corrected chi connectivity index (χ3v) is 2.72. The average molecular weight is 303 g/mol. The van der Waals surface area contributed by atoms with E-state index in [0.717, 1.165) is 12.1 Å². The van der Waals surface area contributed by atoms with Crippen molar-refractivity contribution in [2.45, 2.75) is 16.9 Å². The maximum absolute atomic E-state index is 13.4. The third-order valence-electron chi connectivity index (χ3n) is 1.99. The Morgan fingerprint density at radius 2 is 1.87 bits per heavy atom. The van der Waals surface area contributed by atoms with E-state index >= 15 is 0 Å². The normalized spacial score (nSPS) is 16.1. The van der Waals surface area contributed by atoms with Crippen LogP contribution in [0.25, 0.3) is 0 Å². The molecule has 1 unspecified atom stereocenters. The highest BCUT2D eigenvalue weighted by molar-refractivity contribution is 9.10. The molecule has 2 N–H and O–H groups in total. The minimum absolute atomic E-state index is 0.364.